The van der Waals surface area contributed by atoms with Crippen LogP contribution in [0.25, 0.3) is 0 Å². The Hall–Kier alpha value is -4.22. The number of anilines is 4. The summed E-state index contributed by atoms with van der Waals surface area (Å²) in [4.78, 5) is 36.1. The Kier molecular flexibility index (Phi) is 6.54. The van der Waals surface area contributed by atoms with Gasteiger partial charge in [-0.15, -0.1) is 0 Å². The number of amides is 2. The molecule has 35 heavy (non-hydrogen) atoms. The molecule has 0 unspecified atom stereocenters. The van der Waals surface area contributed by atoms with Crippen molar-refractivity contribution in [2.45, 2.75) is 39.2 Å². The molecule has 2 amide bonds. The van der Waals surface area contributed by atoms with Crippen molar-refractivity contribution < 1.29 is 23.5 Å². The highest BCUT2D eigenvalue weighted by Crippen LogP contribution is 2.33. The number of likely N-dealkylation sites (N-methyl/N-ethyl adjacent to an activating group) is 1. The molecule has 12 heteroatoms. The second-order valence-corrected chi connectivity index (χ2v) is 8.53. The van der Waals surface area contributed by atoms with Crippen LogP contribution in [0.5, 0.6) is 5.75 Å². The lowest BCUT2D eigenvalue weighted by atomic mass is 10.0. The molecule has 0 atom stereocenters. The topological polar surface area (TPSA) is 139 Å². The Morgan fingerprint density at radius 2 is 2.06 bits per heavy atom. The van der Waals surface area contributed by atoms with Crippen LogP contribution >= 0.6 is 0 Å². The highest BCUT2D eigenvalue weighted by molar-refractivity contribution is 5.99. The first-order chi connectivity index (χ1) is 16.6. The number of allylic oxidation sites excluding steroid dienone is 3. The number of fused-ring (bicyclic) bond motifs is 1. The Morgan fingerprint density at radius 1 is 1.26 bits per heavy atom. The maximum absolute atomic E-state index is 14.4. The minimum Gasteiger partial charge on any atom is -0.484 e. The molecule has 3 heterocycles. The number of carbonyl (C=O) groups is 2. The lowest BCUT2D eigenvalue weighted by Crippen LogP contribution is -2.46. The van der Waals surface area contributed by atoms with E-state index in [-0.39, 0.29) is 41.8 Å². The van der Waals surface area contributed by atoms with Gasteiger partial charge in [-0.1, -0.05) is 0 Å². The van der Waals surface area contributed by atoms with Crippen LogP contribution in [0.4, 0.5) is 27.8 Å². The number of carbonyl (C=O) groups excluding carboxylic acids is 2. The second kappa shape index (κ2) is 9.57. The molecule has 0 saturated heterocycles. The summed E-state index contributed by atoms with van der Waals surface area (Å²) in [5, 5.41) is 11.1. The Morgan fingerprint density at radius 3 is 2.83 bits per heavy atom. The van der Waals surface area contributed by atoms with E-state index in [1.165, 1.54) is 7.05 Å². The van der Waals surface area contributed by atoms with Gasteiger partial charge in [-0.2, -0.15) is 4.98 Å². The number of hydrogen-bond donors (Lipinski definition) is 4. The standard InChI is InChI=1S/C23H26FN7O4/c1-12-5-6-13(9-16(12)34-11-18(32)25-4)27-22-26-10-14(24)19(31-22)28-17-8-7-15-20(29-17)30-21(33)23(2,3)35-15/h7-10H,5-6,11H2,1-4H3,(H,25,32)(H3,26,27,28,29,30,31,33). The molecule has 0 spiro atoms. The van der Waals surface area contributed by atoms with E-state index in [1.54, 1.807) is 32.1 Å². The highest BCUT2D eigenvalue weighted by Gasteiger charge is 2.36. The molecule has 0 bridgehead atoms. The summed E-state index contributed by atoms with van der Waals surface area (Å²) in [6.07, 6.45) is 4.20. The maximum Gasteiger partial charge on any atom is 0.269 e. The minimum atomic E-state index is -1.02. The summed E-state index contributed by atoms with van der Waals surface area (Å²) < 4.78 is 25.7. The van der Waals surface area contributed by atoms with Gasteiger partial charge in [-0.05, 0) is 57.4 Å². The van der Waals surface area contributed by atoms with Crippen LogP contribution in [0.3, 0.4) is 0 Å². The number of aromatic nitrogens is 3. The average Bonchev–Trinajstić information content (AvgIpc) is 2.82. The summed E-state index contributed by atoms with van der Waals surface area (Å²) in [5.74, 6) is 0.308. The van der Waals surface area contributed by atoms with E-state index in [4.69, 9.17) is 9.47 Å². The van der Waals surface area contributed by atoms with E-state index in [1.807, 2.05) is 6.92 Å². The van der Waals surface area contributed by atoms with E-state index in [0.29, 0.717) is 17.9 Å². The number of hydrogen-bond acceptors (Lipinski definition) is 9. The van der Waals surface area contributed by atoms with Crippen molar-refractivity contribution in [3.8, 4) is 5.75 Å². The number of nitrogens with one attached hydrogen (secondary N) is 4. The minimum absolute atomic E-state index is 0.0924. The van der Waals surface area contributed by atoms with E-state index >= 15 is 0 Å². The van der Waals surface area contributed by atoms with Crippen molar-refractivity contribution in [1.82, 2.24) is 20.3 Å². The van der Waals surface area contributed by atoms with E-state index < -0.39 is 11.4 Å². The Bertz CT molecular complexity index is 1240. The normalized spacial score (nSPS) is 16.4. The van der Waals surface area contributed by atoms with Crippen molar-refractivity contribution in [2.24, 2.45) is 0 Å². The van der Waals surface area contributed by atoms with E-state index in [2.05, 4.69) is 36.2 Å². The monoisotopic (exact) mass is 483 g/mol. The fourth-order valence-corrected chi connectivity index (χ4v) is 3.33. The first kappa shape index (κ1) is 23.9. The zero-order valence-electron chi connectivity index (χ0n) is 19.8. The Labute approximate surface area is 201 Å². The summed E-state index contributed by atoms with van der Waals surface area (Å²) in [7, 11) is 1.54. The zero-order chi connectivity index (χ0) is 25.2. The number of ether oxygens (including phenoxy) is 2. The van der Waals surface area contributed by atoms with Crippen molar-refractivity contribution in [2.75, 3.05) is 29.6 Å². The molecule has 1 aliphatic heterocycles. The van der Waals surface area contributed by atoms with Gasteiger partial charge in [0, 0.05) is 12.7 Å². The van der Waals surface area contributed by atoms with Crippen molar-refractivity contribution in [3.63, 3.8) is 0 Å². The molecule has 0 fully saturated rings. The van der Waals surface area contributed by atoms with Crippen LogP contribution in [0.15, 0.2) is 41.4 Å². The van der Waals surface area contributed by atoms with Gasteiger partial charge in [0.25, 0.3) is 11.8 Å². The number of halogens is 1. The molecule has 184 valence electrons. The lowest BCUT2D eigenvalue weighted by Gasteiger charge is -2.30. The Balaban J connectivity index is 1.49. The molecule has 0 saturated carbocycles. The van der Waals surface area contributed by atoms with Gasteiger partial charge < -0.3 is 30.7 Å². The molecule has 11 nitrogen and oxygen atoms in total. The predicted molar refractivity (Wildman–Crippen MR) is 127 cm³/mol. The zero-order valence-corrected chi connectivity index (χ0v) is 19.8. The van der Waals surface area contributed by atoms with Gasteiger partial charge in [-0.25, -0.2) is 14.4 Å². The molecule has 0 radical (unpaired) electrons. The smallest absolute Gasteiger partial charge is 0.269 e. The molecule has 2 aromatic heterocycles. The number of nitrogens with zero attached hydrogens (tertiary/aromatic N) is 3. The third-order valence-corrected chi connectivity index (χ3v) is 5.40. The molecule has 1 aliphatic carbocycles. The second-order valence-electron chi connectivity index (χ2n) is 8.53. The third-order valence-electron chi connectivity index (χ3n) is 5.40. The van der Waals surface area contributed by atoms with Gasteiger partial charge in [-0.3, -0.25) is 9.59 Å². The van der Waals surface area contributed by atoms with Gasteiger partial charge in [0.2, 0.25) is 5.95 Å². The lowest BCUT2D eigenvalue weighted by molar-refractivity contribution is -0.129. The quantitative estimate of drug-likeness (QED) is 0.468. The van der Waals surface area contributed by atoms with Gasteiger partial charge >= 0.3 is 0 Å². The molecule has 4 rings (SSSR count). The summed E-state index contributed by atoms with van der Waals surface area (Å²) in [6, 6.07) is 3.22. The molecular formula is C23H26FN7O4. The SMILES string of the molecule is CNC(=O)COC1=C(C)CCC(Nc2ncc(F)c(Nc3ccc4c(n3)NC(=O)C(C)(C)O4)n2)=C1. The van der Waals surface area contributed by atoms with Crippen molar-refractivity contribution in [1.29, 1.82) is 0 Å². The van der Waals surface area contributed by atoms with Crippen molar-refractivity contribution >= 4 is 35.2 Å². The third kappa shape index (κ3) is 5.48. The number of pyridine rings is 1. The fourth-order valence-electron chi connectivity index (χ4n) is 3.33. The largest absolute Gasteiger partial charge is 0.484 e. The molecule has 2 aliphatic rings. The van der Waals surface area contributed by atoms with Crippen LogP contribution < -0.4 is 26.0 Å². The van der Waals surface area contributed by atoms with Gasteiger partial charge in [0.15, 0.2) is 35.4 Å². The fraction of sp³-hybridized carbons (Fsp3) is 0.348. The number of rotatable bonds is 7. The van der Waals surface area contributed by atoms with Crippen LogP contribution in [-0.4, -0.2) is 46.0 Å². The van der Waals surface area contributed by atoms with Gasteiger partial charge in [0.1, 0.15) is 11.6 Å². The predicted octanol–water partition coefficient (Wildman–Crippen LogP) is 2.99. The maximum atomic E-state index is 14.4. The molecule has 4 N–H and O–H groups in total. The van der Waals surface area contributed by atoms with Crippen LogP contribution in [-0.2, 0) is 14.3 Å². The summed E-state index contributed by atoms with van der Waals surface area (Å²) in [6.45, 7) is 5.14. The molecule has 0 aromatic carbocycles. The molecular weight excluding hydrogens is 457 g/mol. The van der Waals surface area contributed by atoms with Crippen LogP contribution in [0.1, 0.15) is 33.6 Å². The van der Waals surface area contributed by atoms with Gasteiger partial charge in [0.05, 0.1) is 6.20 Å². The average molecular weight is 484 g/mol. The van der Waals surface area contributed by atoms with Crippen molar-refractivity contribution in [3.05, 3.63) is 47.3 Å². The van der Waals surface area contributed by atoms with Crippen LogP contribution in [0, 0.1) is 5.82 Å². The highest BCUT2D eigenvalue weighted by atomic mass is 19.1. The summed E-state index contributed by atoms with van der Waals surface area (Å²) in [5.41, 5.74) is 0.756. The van der Waals surface area contributed by atoms with Crippen LogP contribution in [0.2, 0.25) is 0 Å². The summed E-state index contributed by atoms with van der Waals surface area (Å²) >= 11 is 0. The first-order valence-corrected chi connectivity index (χ1v) is 11.0. The first-order valence-electron chi connectivity index (χ1n) is 11.0. The van der Waals surface area contributed by atoms with E-state index in [9.17, 15) is 14.0 Å². The van der Waals surface area contributed by atoms with E-state index in [0.717, 1.165) is 23.9 Å². The molecule has 2 aromatic rings.